The van der Waals surface area contributed by atoms with Gasteiger partial charge in [-0.3, -0.25) is 4.98 Å². The van der Waals surface area contributed by atoms with Crippen molar-refractivity contribution in [1.29, 1.82) is 0 Å². The summed E-state index contributed by atoms with van der Waals surface area (Å²) in [6, 6.07) is 2.70. The molecule has 0 radical (unpaired) electrons. The molecule has 0 saturated carbocycles. The summed E-state index contributed by atoms with van der Waals surface area (Å²) in [5, 5.41) is 0. The number of nitrogens with zero attached hydrogens (tertiary/aromatic N) is 1. The zero-order valence-corrected chi connectivity index (χ0v) is 7.89. The summed E-state index contributed by atoms with van der Waals surface area (Å²) in [6.07, 6.45) is -1.13. The molecule has 0 saturated heterocycles. The lowest BCUT2D eigenvalue weighted by Gasteiger charge is -2.04. The first-order valence-corrected chi connectivity index (χ1v) is 3.61. The van der Waals surface area contributed by atoms with Crippen LogP contribution >= 0.6 is 12.4 Å². The van der Waals surface area contributed by atoms with Gasteiger partial charge in [-0.1, -0.05) is 6.07 Å². The molecule has 1 rings (SSSR count). The molecule has 0 fully saturated rings. The Morgan fingerprint density at radius 3 is 2.31 bits per heavy atom. The molecule has 1 atom stereocenters. The maximum absolute atomic E-state index is 12.0. The number of hydrogen-bond acceptors (Lipinski definition) is 2. The molecule has 0 amide bonds. The Bertz CT molecular complexity index is 222. The van der Waals surface area contributed by atoms with Gasteiger partial charge in [-0.15, -0.1) is 12.4 Å². The average Bonchev–Trinajstić information content (AvgIpc) is 2.04. The quantitative estimate of drug-likeness (QED) is 0.811. The summed E-state index contributed by atoms with van der Waals surface area (Å²) in [7, 11) is 0. The monoisotopic (exact) mass is 208 g/mol. The van der Waals surface area contributed by atoms with Gasteiger partial charge < -0.3 is 5.73 Å². The third kappa shape index (κ3) is 3.24. The predicted octanol–water partition coefficient (Wildman–Crippen LogP) is 2.46. The normalized spacial score (nSPS) is 12.4. The van der Waals surface area contributed by atoms with Gasteiger partial charge in [0.2, 0.25) is 0 Å². The van der Waals surface area contributed by atoms with Gasteiger partial charge in [-0.05, 0) is 18.6 Å². The van der Waals surface area contributed by atoms with E-state index >= 15 is 0 Å². The Labute approximate surface area is 81.6 Å². The van der Waals surface area contributed by atoms with E-state index in [2.05, 4.69) is 4.98 Å². The zero-order valence-electron chi connectivity index (χ0n) is 7.08. The topological polar surface area (TPSA) is 38.9 Å². The molecule has 0 bridgehead atoms. The van der Waals surface area contributed by atoms with Crippen LogP contribution in [0.1, 0.15) is 30.6 Å². The largest absolute Gasteiger partial charge is 0.324 e. The van der Waals surface area contributed by atoms with E-state index in [1.54, 1.807) is 13.0 Å². The van der Waals surface area contributed by atoms with Crippen LogP contribution < -0.4 is 5.73 Å². The lowest BCUT2D eigenvalue weighted by molar-refractivity contribution is 0.146. The van der Waals surface area contributed by atoms with Gasteiger partial charge in [0, 0.05) is 12.2 Å². The van der Waals surface area contributed by atoms with E-state index in [4.69, 9.17) is 5.73 Å². The summed E-state index contributed by atoms with van der Waals surface area (Å²) < 4.78 is 24.0. The van der Waals surface area contributed by atoms with Gasteiger partial charge in [0.1, 0.15) is 5.69 Å². The molecule has 1 aromatic rings. The van der Waals surface area contributed by atoms with Crippen LogP contribution in [0, 0.1) is 0 Å². The van der Waals surface area contributed by atoms with Gasteiger partial charge in [-0.2, -0.15) is 0 Å². The van der Waals surface area contributed by atoms with Crippen LogP contribution in [-0.2, 0) is 0 Å². The lowest BCUT2D eigenvalue weighted by Crippen LogP contribution is -2.05. The average molecular weight is 209 g/mol. The van der Waals surface area contributed by atoms with Crippen LogP contribution in [0.15, 0.2) is 18.3 Å². The second-order valence-electron chi connectivity index (χ2n) is 2.61. The molecule has 74 valence electrons. The first kappa shape index (κ1) is 12.3. The van der Waals surface area contributed by atoms with Crippen molar-refractivity contribution in [2.24, 2.45) is 5.73 Å². The minimum absolute atomic E-state index is 0. The fourth-order valence-electron chi connectivity index (χ4n) is 0.815. The highest BCUT2D eigenvalue weighted by Gasteiger charge is 2.08. The van der Waals surface area contributed by atoms with Gasteiger partial charge in [0.05, 0.1) is 0 Å². The molecular weight excluding hydrogens is 198 g/mol. The fraction of sp³-hybridized carbons (Fsp3) is 0.375. The Morgan fingerprint density at radius 2 is 2.00 bits per heavy atom. The molecule has 0 aliphatic carbocycles. The van der Waals surface area contributed by atoms with Crippen LogP contribution in [-0.4, -0.2) is 4.98 Å². The van der Waals surface area contributed by atoms with E-state index < -0.39 is 6.43 Å². The Hall–Kier alpha value is -0.740. The highest BCUT2D eigenvalue weighted by molar-refractivity contribution is 5.85. The molecule has 2 nitrogen and oxygen atoms in total. The maximum Gasteiger partial charge on any atom is 0.280 e. The van der Waals surface area contributed by atoms with E-state index in [9.17, 15) is 8.78 Å². The summed E-state index contributed by atoms with van der Waals surface area (Å²) in [6.45, 7) is 1.78. The zero-order chi connectivity index (χ0) is 9.14. The van der Waals surface area contributed by atoms with Crippen molar-refractivity contribution >= 4 is 12.4 Å². The number of halogens is 3. The number of alkyl halides is 2. The van der Waals surface area contributed by atoms with Crippen molar-refractivity contribution in [3.63, 3.8) is 0 Å². The smallest absolute Gasteiger partial charge is 0.280 e. The van der Waals surface area contributed by atoms with Crippen LogP contribution in [0.25, 0.3) is 0 Å². The van der Waals surface area contributed by atoms with Crippen molar-refractivity contribution in [3.05, 3.63) is 29.6 Å². The van der Waals surface area contributed by atoms with E-state index in [0.29, 0.717) is 0 Å². The molecule has 0 aliphatic heterocycles. The highest BCUT2D eigenvalue weighted by Crippen LogP contribution is 2.17. The van der Waals surface area contributed by atoms with Crippen LogP contribution in [0.4, 0.5) is 8.78 Å². The first-order chi connectivity index (χ1) is 5.61. The summed E-state index contributed by atoms with van der Waals surface area (Å²) in [5.74, 6) is 0. The fourth-order valence-corrected chi connectivity index (χ4v) is 0.815. The lowest BCUT2D eigenvalue weighted by atomic mass is 10.1. The van der Waals surface area contributed by atoms with Crippen LogP contribution in [0.2, 0.25) is 0 Å². The van der Waals surface area contributed by atoms with E-state index in [0.717, 1.165) is 5.56 Å². The van der Waals surface area contributed by atoms with Crippen LogP contribution in [0.5, 0.6) is 0 Å². The van der Waals surface area contributed by atoms with Crippen molar-refractivity contribution in [3.8, 4) is 0 Å². The first-order valence-electron chi connectivity index (χ1n) is 3.61. The van der Waals surface area contributed by atoms with Crippen molar-refractivity contribution in [2.45, 2.75) is 19.4 Å². The number of hydrogen-bond donors (Lipinski definition) is 1. The molecule has 0 aromatic carbocycles. The Balaban J connectivity index is 0.00000144. The van der Waals surface area contributed by atoms with Gasteiger partial charge in [0.25, 0.3) is 6.43 Å². The number of nitrogens with two attached hydrogens (primary N) is 1. The molecule has 1 heterocycles. The molecule has 5 heteroatoms. The Morgan fingerprint density at radius 1 is 1.38 bits per heavy atom. The summed E-state index contributed by atoms with van der Waals surface area (Å²) in [5.41, 5.74) is 6.07. The second kappa shape index (κ2) is 5.09. The molecule has 2 N–H and O–H groups in total. The molecule has 1 unspecified atom stereocenters. The Kier molecular flexibility index (Phi) is 4.80. The van der Waals surface area contributed by atoms with Gasteiger partial charge in [-0.25, -0.2) is 8.78 Å². The van der Waals surface area contributed by atoms with Crippen molar-refractivity contribution < 1.29 is 8.78 Å². The van der Waals surface area contributed by atoms with Crippen molar-refractivity contribution in [2.75, 3.05) is 0 Å². The molecule has 0 aliphatic rings. The SMILES string of the molecule is CC(N)c1ccc(C(F)F)nc1.Cl. The molecule has 13 heavy (non-hydrogen) atoms. The number of aromatic nitrogens is 1. The third-order valence-corrected chi connectivity index (χ3v) is 1.56. The molecular formula is C8H11ClF2N2. The summed E-state index contributed by atoms with van der Waals surface area (Å²) in [4.78, 5) is 3.57. The minimum Gasteiger partial charge on any atom is -0.324 e. The highest BCUT2D eigenvalue weighted by atomic mass is 35.5. The summed E-state index contributed by atoms with van der Waals surface area (Å²) >= 11 is 0. The van der Waals surface area contributed by atoms with Crippen molar-refractivity contribution in [1.82, 2.24) is 4.98 Å². The van der Waals surface area contributed by atoms with Gasteiger partial charge >= 0.3 is 0 Å². The maximum atomic E-state index is 12.0. The molecule has 1 aromatic heterocycles. The second-order valence-corrected chi connectivity index (χ2v) is 2.61. The predicted molar refractivity (Wildman–Crippen MR) is 49.0 cm³/mol. The van der Waals surface area contributed by atoms with Gasteiger partial charge in [0.15, 0.2) is 0 Å². The standard InChI is InChI=1S/C8H10F2N2.ClH/c1-5(11)6-2-3-7(8(9)10)12-4-6;/h2-5,8H,11H2,1H3;1H. The third-order valence-electron chi connectivity index (χ3n) is 1.56. The van der Waals surface area contributed by atoms with E-state index in [1.165, 1.54) is 12.3 Å². The number of rotatable bonds is 2. The number of pyridine rings is 1. The minimum atomic E-state index is -2.51. The van der Waals surface area contributed by atoms with E-state index in [1.807, 2.05) is 0 Å². The van der Waals surface area contributed by atoms with E-state index in [-0.39, 0.29) is 24.1 Å². The van der Waals surface area contributed by atoms with Crippen LogP contribution in [0.3, 0.4) is 0 Å². The molecule has 0 spiro atoms.